The highest BCUT2D eigenvalue weighted by atomic mass is 19.4. The Kier molecular flexibility index (Phi) is 9.22. The fraction of sp³-hybridized carbons (Fsp3) is 0.375. The summed E-state index contributed by atoms with van der Waals surface area (Å²) in [5, 5.41) is 11.8. The van der Waals surface area contributed by atoms with E-state index in [2.05, 4.69) is 15.0 Å². The van der Waals surface area contributed by atoms with Crippen molar-refractivity contribution in [2.75, 3.05) is 6.61 Å². The summed E-state index contributed by atoms with van der Waals surface area (Å²) < 4.78 is 115. The zero-order valence-corrected chi connectivity index (χ0v) is 20.4. The number of amides is 1. The van der Waals surface area contributed by atoms with Crippen LogP contribution >= 0.6 is 0 Å². The van der Waals surface area contributed by atoms with Gasteiger partial charge in [0.15, 0.2) is 17.5 Å². The molecule has 0 fully saturated rings. The molecule has 40 heavy (non-hydrogen) atoms. The molecule has 1 aromatic carbocycles. The maximum atomic E-state index is 13.9. The first-order valence-corrected chi connectivity index (χ1v) is 11.4. The quantitative estimate of drug-likeness (QED) is 0.271. The van der Waals surface area contributed by atoms with Crippen molar-refractivity contribution in [3.63, 3.8) is 0 Å². The molecular formula is C24H21F8N3O5. The summed E-state index contributed by atoms with van der Waals surface area (Å²) in [6.07, 6.45) is -14.6. The monoisotopic (exact) mass is 583 g/mol. The maximum absolute atomic E-state index is 13.9. The van der Waals surface area contributed by atoms with Crippen LogP contribution in [0.25, 0.3) is 5.65 Å². The number of nitrogens with zero attached hydrogens (tertiary/aromatic N) is 2. The van der Waals surface area contributed by atoms with Gasteiger partial charge in [-0.15, -0.1) is 0 Å². The van der Waals surface area contributed by atoms with Crippen LogP contribution in [0.4, 0.5) is 35.1 Å². The molecule has 0 saturated heterocycles. The van der Waals surface area contributed by atoms with E-state index in [0.29, 0.717) is 0 Å². The van der Waals surface area contributed by atoms with Gasteiger partial charge in [-0.3, -0.25) is 9.20 Å². The Labute approximate surface area is 220 Å². The largest absolute Gasteiger partial charge is 0.490 e. The second kappa shape index (κ2) is 12.1. The van der Waals surface area contributed by atoms with Gasteiger partial charge in [0.05, 0.1) is 23.9 Å². The number of aliphatic hydroxyl groups excluding tert-OH is 1. The van der Waals surface area contributed by atoms with Crippen LogP contribution in [0.2, 0.25) is 0 Å². The van der Waals surface area contributed by atoms with Gasteiger partial charge in [-0.25, -0.2) is 18.6 Å². The number of alkyl halides is 6. The third kappa shape index (κ3) is 7.16. The molecule has 0 bridgehead atoms. The second-order valence-corrected chi connectivity index (χ2v) is 8.46. The number of aliphatic hydroxyl groups is 1. The summed E-state index contributed by atoms with van der Waals surface area (Å²) in [7, 11) is 0. The van der Waals surface area contributed by atoms with Gasteiger partial charge in [0, 0.05) is 6.20 Å². The van der Waals surface area contributed by atoms with Crippen LogP contribution in [0.15, 0.2) is 36.5 Å². The van der Waals surface area contributed by atoms with E-state index in [4.69, 9.17) is 4.74 Å². The summed E-state index contributed by atoms with van der Waals surface area (Å²) in [6.45, 7) is -0.00811. The van der Waals surface area contributed by atoms with E-state index in [0.717, 1.165) is 12.1 Å². The van der Waals surface area contributed by atoms with Gasteiger partial charge in [-0.1, -0.05) is 6.07 Å². The smallest absolute Gasteiger partial charge is 0.485 e. The van der Waals surface area contributed by atoms with Crippen LogP contribution in [-0.4, -0.2) is 57.5 Å². The summed E-state index contributed by atoms with van der Waals surface area (Å²) in [5.74, 6) is -5.61. The molecule has 0 radical (unpaired) electrons. The Morgan fingerprint density at radius 3 is 2.27 bits per heavy atom. The summed E-state index contributed by atoms with van der Waals surface area (Å²) >= 11 is 0. The zero-order chi connectivity index (χ0) is 29.8. The van der Waals surface area contributed by atoms with Crippen LogP contribution in [0.1, 0.15) is 34.6 Å². The van der Waals surface area contributed by atoms with E-state index in [1.807, 2.05) is 0 Å². The molecule has 16 heteroatoms. The first-order chi connectivity index (χ1) is 18.6. The number of rotatable bonds is 10. The van der Waals surface area contributed by atoms with Crippen molar-refractivity contribution < 1.29 is 59.3 Å². The number of benzene rings is 1. The second-order valence-electron chi connectivity index (χ2n) is 8.46. The molecule has 0 aliphatic rings. The number of carbonyl (C=O) groups excluding carboxylic acids is 2. The zero-order valence-electron chi connectivity index (χ0n) is 20.4. The number of hydrogen-bond donors (Lipinski definition) is 2. The molecular weight excluding hydrogens is 562 g/mol. The number of imidazole rings is 1. The average molecular weight is 583 g/mol. The number of pyridine rings is 1. The molecule has 3 aromatic rings. The molecule has 2 N–H and O–H groups in total. The van der Waals surface area contributed by atoms with Crippen LogP contribution in [0, 0.1) is 18.6 Å². The summed E-state index contributed by atoms with van der Waals surface area (Å²) in [4.78, 5) is 28.1. The molecule has 0 saturated carbocycles. The lowest BCUT2D eigenvalue weighted by atomic mass is 10.1. The Balaban J connectivity index is 1.75. The van der Waals surface area contributed by atoms with Gasteiger partial charge in [-0.05, 0) is 44.0 Å². The number of aryl methyl sites for hydroxylation is 1. The lowest BCUT2D eigenvalue weighted by molar-refractivity contribution is -0.246. The summed E-state index contributed by atoms with van der Waals surface area (Å²) in [5.41, 5.74) is -0.324. The van der Waals surface area contributed by atoms with Gasteiger partial charge in [-0.2, -0.15) is 26.3 Å². The van der Waals surface area contributed by atoms with E-state index in [1.54, 1.807) is 0 Å². The van der Waals surface area contributed by atoms with Crippen molar-refractivity contribution in [1.29, 1.82) is 0 Å². The number of esters is 1. The van der Waals surface area contributed by atoms with Crippen molar-refractivity contribution >= 4 is 17.5 Å². The van der Waals surface area contributed by atoms with Gasteiger partial charge in [0.25, 0.3) is 5.91 Å². The minimum absolute atomic E-state index is 0.0329. The molecule has 0 aliphatic heterocycles. The Hall–Kier alpha value is -3.95. The van der Waals surface area contributed by atoms with Crippen molar-refractivity contribution in [1.82, 2.24) is 14.7 Å². The Bertz CT molecular complexity index is 1350. The highest BCUT2D eigenvalue weighted by Gasteiger charge is 2.49. The normalized spacial score (nSPS) is 13.7. The van der Waals surface area contributed by atoms with Gasteiger partial charge in [0.2, 0.25) is 0 Å². The van der Waals surface area contributed by atoms with E-state index < -0.39 is 74.1 Å². The van der Waals surface area contributed by atoms with Crippen molar-refractivity contribution in [2.45, 2.75) is 50.9 Å². The average Bonchev–Trinajstić information content (AvgIpc) is 3.20. The van der Waals surface area contributed by atoms with E-state index in [-0.39, 0.29) is 28.3 Å². The van der Waals surface area contributed by atoms with Crippen molar-refractivity contribution in [2.24, 2.45) is 0 Å². The highest BCUT2D eigenvalue weighted by Crippen LogP contribution is 2.30. The molecule has 218 valence electrons. The minimum atomic E-state index is -5.65. The number of aromatic nitrogens is 2. The van der Waals surface area contributed by atoms with Gasteiger partial charge >= 0.3 is 18.3 Å². The number of carbonyl (C=O) groups is 2. The first-order valence-electron chi connectivity index (χ1n) is 11.4. The topological polar surface area (TPSA) is 102 Å². The van der Waals surface area contributed by atoms with Crippen molar-refractivity contribution in [3.8, 4) is 5.75 Å². The molecule has 8 nitrogen and oxygen atoms in total. The van der Waals surface area contributed by atoms with E-state index >= 15 is 0 Å². The Morgan fingerprint density at radius 1 is 1.05 bits per heavy atom. The van der Waals surface area contributed by atoms with Crippen LogP contribution in [-0.2, 0) is 16.1 Å². The molecule has 0 spiro atoms. The van der Waals surface area contributed by atoms with Crippen LogP contribution < -0.4 is 10.1 Å². The molecule has 3 rings (SSSR count). The first kappa shape index (κ1) is 30.6. The van der Waals surface area contributed by atoms with Gasteiger partial charge in [0.1, 0.15) is 23.9 Å². The molecule has 0 unspecified atom stereocenters. The van der Waals surface area contributed by atoms with Crippen LogP contribution in [0.5, 0.6) is 5.75 Å². The minimum Gasteiger partial charge on any atom is -0.485 e. The number of nitrogens with one attached hydrogen (secondary N) is 1. The predicted octanol–water partition coefficient (Wildman–Crippen LogP) is 4.41. The predicted molar refractivity (Wildman–Crippen MR) is 120 cm³/mol. The number of hydrogen-bond acceptors (Lipinski definition) is 6. The highest BCUT2D eigenvalue weighted by molar-refractivity contribution is 5.95. The molecule has 0 aliphatic carbocycles. The van der Waals surface area contributed by atoms with Crippen molar-refractivity contribution in [3.05, 3.63) is 65.1 Å². The fourth-order valence-corrected chi connectivity index (χ4v) is 3.66. The fourth-order valence-electron chi connectivity index (χ4n) is 3.66. The SMILES string of the molecule is Cc1nc2c(OCc3c(F)cccc3F)cccn2c1C(=O)N[C@@H](CO)CC[C@@H](OC(=O)C(F)(F)F)C(F)(F)F. The summed E-state index contributed by atoms with van der Waals surface area (Å²) in [6, 6.07) is 4.71. The third-order valence-electron chi connectivity index (χ3n) is 5.62. The lowest BCUT2D eigenvalue weighted by Gasteiger charge is -2.23. The standard InChI is InChI=1S/C24H21F8N3O5/c1-12-19(21(37)34-13(10-36)7-8-18(23(27,28)29)40-22(38)24(30,31)32)35-9-3-6-17(20(35)33-12)39-11-14-15(25)4-2-5-16(14)26/h2-6,9,13,18,36H,7-8,10-11H2,1H3,(H,34,37)/t13-,18-/m1/s1. The number of fused-ring (bicyclic) bond motifs is 1. The van der Waals surface area contributed by atoms with Crippen LogP contribution in [0.3, 0.4) is 0 Å². The molecule has 1 amide bonds. The molecule has 2 heterocycles. The van der Waals surface area contributed by atoms with E-state index in [9.17, 15) is 49.8 Å². The Morgan fingerprint density at radius 2 is 1.70 bits per heavy atom. The lowest BCUT2D eigenvalue weighted by Crippen LogP contribution is -2.42. The number of ether oxygens (including phenoxy) is 2. The number of halogens is 8. The molecule has 2 atom stereocenters. The van der Waals surface area contributed by atoms with E-state index in [1.165, 1.54) is 35.7 Å². The van der Waals surface area contributed by atoms with Gasteiger partial charge < -0.3 is 19.9 Å². The maximum Gasteiger partial charge on any atom is 0.490 e. The third-order valence-corrected chi connectivity index (χ3v) is 5.62. The molecule has 2 aromatic heterocycles.